The van der Waals surface area contributed by atoms with Crippen LogP contribution in [0.5, 0.6) is 28.7 Å². The van der Waals surface area contributed by atoms with Crippen molar-refractivity contribution in [1.29, 1.82) is 0 Å². The SMILES string of the molecule is COc1cc2c(cc1OCc1cc(CO[Si](C)(C)C(C)(C)C)cc([N+](=O)[O-])c1)CC[C@@H]1Cc3ccccc3N1C2=O.COc1cc2c(cc1OCc1cc(O)cc(CO)c1)CC[C@@H]1Cc3ccccc3N1C2=O. The molecule has 2 atom stereocenters. The smallest absolute Gasteiger partial charge is 0.270 e. The van der Waals surface area contributed by atoms with E-state index in [0.717, 1.165) is 72.2 Å². The zero-order valence-corrected chi connectivity index (χ0v) is 43.5. The minimum absolute atomic E-state index is 0.000271. The largest absolute Gasteiger partial charge is 0.508 e. The molecule has 0 aromatic heterocycles. The van der Waals surface area contributed by atoms with Crippen molar-refractivity contribution >= 4 is 37.2 Å². The van der Waals surface area contributed by atoms with E-state index < -0.39 is 13.2 Å². The van der Waals surface area contributed by atoms with Gasteiger partial charge in [-0.05, 0) is 162 Å². The van der Waals surface area contributed by atoms with Crippen LogP contribution in [0.15, 0.2) is 109 Å². The van der Waals surface area contributed by atoms with Gasteiger partial charge >= 0.3 is 0 Å². The van der Waals surface area contributed by atoms with Crippen LogP contribution in [0.2, 0.25) is 18.1 Å². The molecule has 15 heteroatoms. The molecular formula is C58H63N3O11Si. The number of nitrogens with zero attached hydrogens (tertiary/aromatic N) is 3. The van der Waals surface area contributed by atoms with Gasteiger partial charge in [-0.3, -0.25) is 19.7 Å². The number of anilines is 2. The number of carbonyl (C=O) groups excluding carboxylic acids is 2. The van der Waals surface area contributed by atoms with E-state index in [1.54, 1.807) is 44.6 Å². The van der Waals surface area contributed by atoms with Crippen molar-refractivity contribution in [2.24, 2.45) is 0 Å². The molecule has 0 spiro atoms. The number of nitro benzene ring substituents is 1. The van der Waals surface area contributed by atoms with Gasteiger partial charge in [0.2, 0.25) is 0 Å². The maximum absolute atomic E-state index is 13.7. The van der Waals surface area contributed by atoms with Gasteiger partial charge in [-0.25, -0.2) is 0 Å². The standard InChI is InChI=1S/C32H38N2O6Si.C26H25NO5/c1-32(2,3)41(5,6)40-20-22-13-21(14-26(15-22)34(36)37)19-39-30-17-23-11-12-25-16-24-9-7-8-10-28(24)33(25)31(35)27(23)18-29(30)38-4;1-31-24-13-22-18(12-25(24)32-15-17-8-16(14-28)9-21(29)10-17)6-7-20-11-19-4-2-3-5-23(19)27(20)26(22)30/h7-10,13-15,17-18,25H,11-12,16,19-20H2,1-6H3;2-5,8-10,12-13,20,28-29H,6-7,11,14-15H2,1H3/t25-;20-/m11/s1. The zero-order chi connectivity index (χ0) is 51.8. The first-order valence-corrected chi connectivity index (χ1v) is 27.7. The van der Waals surface area contributed by atoms with Gasteiger partial charge in [0.25, 0.3) is 17.5 Å². The number of fused-ring (bicyclic) bond motifs is 8. The second kappa shape index (κ2) is 20.7. The summed E-state index contributed by atoms with van der Waals surface area (Å²) in [4.78, 5) is 42.4. The van der Waals surface area contributed by atoms with Gasteiger partial charge in [0.1, 0.15) is 19.0 Å². The Labute approximate surface area is 427 Å². The molecule has 6 aromatic rings. The molecule has 4 aliphatic rings. The molecule has 10 rings (SSSR count). The molecule has 0 saturated heterocycles. The summed E-state index contributed by atoms with van der Waals surface area (Å²) >= 11 is 0. The predicted molar refractivity (Wildman–Crippen MR) is 282 cm³/mol. The lowest BCUT2D eigenvalue weighted by atomic mass is 9.99. The molecule has 2 amide bonds. The highest BCUT2D eigenvalue weighted by Gasteiger charge is 2.40. The molecule has 380 valence electrons. The van der Waals surface area contributed by atoms with E-state index in [4.69, 9.17) is 23.4 Å². The molecule has 6 aromatic carbocycles. The van der Waals surface area contributed by atoms with Gasteiger partial charge in [0, 0.05) is 46.7 Å². The zero-order valence-electron chi connectivity index (χ0n) is 42.5. The summed E-state index contributed by atoms with van der Waals surface area (Å²) in [5.41, 5.74) is 10.3. The number of non-ortho nitro benzene ring substituents is 1. The minimum Gasteiger partial charge on any atom is -0.508 e. The van der Waals surface area contributed by atoms with E-state index in [2.05, 4.69) is 46.0 Å². The molecule has 0 fully saturated rings. The fraction of sp³-hybridized carbons (Fsp3) is 0.345. The molecule has 4 heterocycles. The first kappa shape index (κ1) is 50.7. The van der Waals surface area contributed by atoms with Crippen LogP contribution in [0.4, 0.5) is 17.1 Å². The van der Waals surface area contributed by atoms with Gasteiger partial charge < -0.3 is 43.4 Å². The molecule has 2 N–H and O–H groups in total. The van der Waals surface area contributed by atoms with Crippen molar-refractivity contribution in [2.45, 2.75) is 116 Å². The third-order valence-electron chi connectivity index (χ3n) is 15.0. The predicted octanol–water partition coefficient (Wildman–Crippen LogP) is 11.2. The number of para-hydroxylation sites is 2. The third kappa shape index (κ3) is 10.5. The fourth-order valence-corrected chi connectivity index (χ4v) is 11.1. The topological polar surface area (TPSA) is 170 Å². The Kier molecular flexibility index (Phi) is 14.4. The molecule has 0 bridgehead atoms. The molecular weight excluding hydrogens is 943 g/mol. The summed E-state index contributed by atoms with van der Waals surface area (Å²) in [6, 6.07) is 33.7. The van der Waals surface area contributed by atoms with Crippen LogP contribution in [0.3, 0.4) is 0 Å². The Morgan fingerprint density at radius 3 is 1.55 bits per heavy atom. The number of rotatable bonds is 13. The van der Waals surface area contributed by atoms with Crippen molar-refractivity contribution in [1.82, 2.24) is 0 Å². The van der Waals surface area contributed by atoms with Crippen molar-refractivity contribution in [3.63, 3.8) is 0 Å². The number of ether oxygens (including phenoxy) is 4. The van der Waals surface area contributed by atoms with Gasteiger partial charge in [0.05, 0.1) is 32.4 Å². The number of carbonyl (C=O) groups is 2. The van der Waals surface area contributed by atoms with E-state index in [-0.39, 0.29) is 60.2 Å². The van der Waals surface area contributed by atoms with Crippen molar-refractivity contribution in [2.75, 3.05) is 24.0 Å². The number of benzene rings is 6. The minimum atomic E-state index is -2.03. The van der Waals surface area contributed by atoms with Crippen LogP contribution < -0.4 is 28.7 Å². The summed E-state index contributed by atoms with van der Waals surface area (Å²) < 4.78 is 29.7. The average molecular weight is 1010 g/mol. The lowest BCUT2D eigenvalue weighted by molar-refractivity contribution is -0.385. The van der Waals surface area contributed by atoms with Crippen LogP contribution in [-0.2, 0) is 56.5 Å². The van der Waals surface area contributed by atoms with Gasteiger partial charge in [-0.15, -0.1) is 0 Å². The van der Waals surface area contributed by atoms with Crippen LogP contribution >= 0.6 is 0 Å². The van der Waals surface area contributed by atoms with Crippen molar-refractivity contribution in [3.05, 3.63) is 175 Å². The number of aliphatic hydroxyl groups is 1. The van der Waals surface area contributed by atoms with Crippen molar-refractivity contribution < 1.29 is 48.1 Å². The summed E-state index contributed by atoms with van der Waals surface area (Å²) in [5, 5.41) is 30.9. The first-order valence-electron chi connectivity index (χ1n) is 24.8. The number of hydrogen-bond donors (Lipinski definition) is 2. The Morgan fingerprint density at radius 1 is 0.630 bits per heavy atom. The number of phenols is 1. The molecule has 4 aliphatic heterocycles. The van der Waals surface area contributed by atoms with Crippen molar-refractivity contribution in [3.8, 4) is 28.7 Å². The molecule has 14 nitrogen and oxygen atoms in total. The number of phenolic OH excluding ortho intramolecular Hbond substituents is 1. The second-order valence-electron chi connectivity index (χ2n) is 20.8. The number of methoxy groups -OCH3 is 2. The van der Waals surface area contributed by atoms with Gasteiger partial charge in [0.15, 0.2) is 31.3 Å². The first-order chi connectivity index (χ1) is 34.9. The number of amides is 2. The van der Waals surface area contributed by atoms with Gasteiger partial charge in [-0.2, -0.15) is 0 Å². The van der Waals surface area contributed by atoms with E-state index in [1.807, 2.05) is 64.4 Å². The number of aliphatic hydroxyl groups excluding tert-OH is 1. The van der Waals surface area contributed by atoms with E-state index in [0.29, 0.717) is 51.9 Å². The number of hydrogen-bond acceptors (Lipinski definition) is 11. The van der Waals surface area contributed by atoms with Crippen LogP contribution in [-0.4, -0.2) is 61.6 Å². The maximum atomic E-state index is 13.7. The highest BCUT2D eigenvalue weighted by molar-refractivity contribution is 6.74. The Hall–Kier alpha value is -7.20. The summed E-state index contributed by atoms with van der Waals surface area (Å²) in [6.45, 7) is 11.3. The maximum Gasteiger partial charge on any atom is 0.270 e. The second-order valence-corrected chi connectivity index (χ2v) is 25.6. The lowest BCUT2D eigenvalue weighted by Gasteiger charge is -2.36. The van der Waals surface area contributed by atoms with Crippen LogP contribution in [0.25, 0.3) is 0 Å². The Bertz CT molecular complexity index is 3090. The number of nitro groups is 1. The molecule has 0 unspecified atom stereocenters. The normalized spacial score (nSPS) is 16.6. The Morgan fingerprint density at radius 2 is 1.08 bits per heavy atom. The average Bonchev–Trinajstić information content (AvgIpc) is 3.87. The van der Waals surface area contributed by atoms with Crippen LogP contribution in [0, 0.1) is 10.1 Å². The summed E-state index contributed by atoms with van der Waals surface area (Å²) in [5.74, 6) is 2.05. The molecule has 0 aliphatic carbocycles. The third-order valence-corrected chi connectivity index (χ3v) is 19.5. The fourth-order valence-electron chi connectivity index (χ4n) is 10.1. The molecule has 0 radical (unpaired) electrons. The highest BCUT2D eigenvalue weighted by atomic mass is 28.4. The van der Waals surface area contributed by atoms with E-state index in [1.165, 1.54) is 23.3 Å². The number of aryl methyl sites for hydroxylation is 2. The quantitative estimate of drug-likeness (QED) is 0.0641. The summed E-state index contributed by atoms with van der Waals surface area (Å²) in [6.07, 6.45) is 4.97. The Balaban J connectivity index is 0.000000185. The monoisotopic (exact) mass is 1010 g/mol. The molecule has 0 saturated carbocycles. The van der Waals surface area contributed by atoms with Crippen LogP contribution in [0.1, 0.15) is 98.8 Å². The van der Waals surface area contributed by atoms with E-state index >= 15 is 0 Å². The number of aromatic hydroxyl groups is 1. The van der Waals surface area contributed by atoms with E-state index in [9.17, 15) is 29.9 Å². The lowest BCUT2D eigenvalue weighted by Crippen LogP contribution is -2.40. The summed E-state index contributed by atoms with van der Waals surface area (Å²) in [7, 11) is 1.07. The molecule has 73 heavy (non-hydrogen) atoms. The highest BCUT2D eigenvalue weighted by Crippen LogP contribution is 2.43. The van der Waals surface area contributed by atoms with Gasteiger partial charge in [-0.1, -0.05) is 57.2 Å².